The second kappa shape index (κ2) is 2.68. The van der Waals surface area contributed by atoms with Crippen LogP contribution in [0.25, 0.3) is 0 Å². The minimum absolute atomic E-state index is 0.289. The molecule has 0 radical (unpaired) electrons. The number of hydrogen-bond acceptors (Lipinski definition) is 5. The van der Waals surface area contributed by atoms with Crippen molar-refractivity contribution in [3.63, 3.8) is 0 Å². The molecule has 3 rings (SSSR count). The van der Waals surface area contributed by atoms with Crippen LogP contribution in [0.15, 0.2) is 17.3 Å². The number of nitrogens with two attached hydrogens (primary N) is 1. The van der Waals surface area contributed by atoms with Crippen molar-refractivity contribution in [3.05, 3.63) is 18.0 Å². The van der Waals surface area contributed by atoms with Gasteiger partial charge in [0.25, 0.3) is 0 Å². The molecule has 72 valence electrons. The third-order valence-corrected chi connectivity index (χ3v) is 2.63. The van der Waals surface area contributed by atoms with Crippen LogP contribution >= 0.6 is 0 Å². The van der Waals surface area contributed by atoms with E-state index in [1.807, 2.05) is 0 Å². The van der Waals surface area contributed by atoms with E-state index in [9.17, 15) is 0 Å². The molecule has 1 unspecified atom stereocenters. The smallest absolute Gasteiger partial charge is 0.111 e. The van der Waals surface area contributed by atoms with Gasteiger partial charge in [0.1, 0.15) is 5.69 Å². The number of rotatable bonds is 0. The van der Waals surface area contributed by atoms with E-state index >= 15 is 0 Å². The van der Waals surface area contributed by atoms with Gasteiger partial charge in [0.05, 0.1) is 29.8 Å². The van der Waals surface area contributed by atoms with Gasteiger partial charge in [0.2, 0.25) is 0 Å². The number of nitrogens with one attached hydrogen (secondary N) is 2. The fourth-order valence-electron chi connectivity index (χ4n) is 1.92. The minimum Gasteiger partial charge on any atom is -0.397 e. The van der Waals surface area contributed by atoms with Gasteiger partial charge in [0, 0.05) is 12.7 Å². The van der Waals surface area contributed by atoms with Crippen molar-refractivity contribution in [1.82, 2.24) is 10.3 Å². The van der Waals surface area contributed by atoms with Crippen LogP contribution in [-0.2, 0) is 0 Å². The summed E-state index contributed by atoms with van der Waals surface area (Å²) < 4.78 is 0. The van der Waals surface area contributed by atoms with Gasteiger partial charge in [-0.2, -0.15) is 0 Å². The van der Waals surface area contributed by atoms with Crippen molar-refractivity contribution >= 4 is 17.1 Å². The Labute approximate surface area is 81.4 Å². The van der Waals surface area contributed by atoms with E-state index in [4.69, 9.17) is 5.73 Å². The molecule has 14 heavy (non-hydrogen) atoms. The van der Waals surface area contributed by atoms with Crippen molar-refractivity contribution in [2.75, 3.05) is 24.3 Å². The number of aliphatic imine (C=N–C) groups is 1. The average Bonchev–Trinajstić information content (AvgIpc) is 2.66. The Morgan fingerprint density at radius 3 is 3.36 bits per heavy atom. The van der Waals surface area contributed by atoms with Gasteiger partial charge in [0.15, 0.2) is 0 Å². The summed E-state index contributed by atoms with van der Waals surface area (Å²) in [4.78, 5) is 8.70. The predicted octanol–water partition coefficient (Wildman–Crippen LogP) is -0.192. The Kier molecular flexibility index (Phi) is 1.49. The van der Waals surface area contributed by atoms with Crippen molar-refractivity contribution in [1.29, 1.82) is 0 Å². The molecule has 5 heteroatoms. The Bertz CT molecular complexity index is 412. The summed E-state index contributed by atoms with van der Waals surface area (Å²) in [5.41, 5.74) is 9.44. The second-order valence-electron chi connectivity index (χ2n) is 3.46. The lowest BCUT2D eigenvalue weighted by Crippen LogP contribution is -2.41. The molecule has 0 bridgehead atoms. The van der Waals surface area contributed by atoms with Crippen LogP contribution in [0.3, 0.4) is 0 Å². The highest BCUT2D eigenvalue weighted by Gasteiger charge is 2.29. The van der Waals surface area contributed by atoms with Crippen molar-refractivity contribution < 1.29 is 0 Å². The van der Waals surface area contributed by atoms with E-state index < -0.39 is 0 Å². The topological polar surface area (TPSA) is 75.3 Å². The Morgan fingerprint density at radius 2 is 2.43 bits per heavy atom. The minimum atomic E-state index is 0.289. The zero-order valence-corrected chi connectivity index (χ0v) is 7.62. The fraction of sp³-hybridized carbons (Fsp3) is 0.333. The molecule has 1 aromatic heterocycles. The number of anilines is 2. The lowest BCUT2D eigenvalue weighted by molar-refractivity contribution is 0.695. The summed E-state index contributed by atoms with van der Waals surface area (Å²) in [5, 5.41) is 6.54. The first-order valence-corrected chi connectivity index (χ1v) is 4.63. The van der Waals surface area contributed by atoms with Crippen LogP contribution in [0.4, 0.5) is 11.4 Å². The van der Waals surface area contributed by atoms with Crippen LogP contribution in [0.1, 0.15) is 5.69 Å². The van der Waals surface area contributed by atoms with E-state index in [0.29, 0.717) is 6.67 Å². The molecular weight excluding hydrogens is 178 g/mol. The third kappa shape index (κ3) is 0.927. The second-order valence-corrected chi connectivity index (χ2v) is 3.46. The highest BCUT2D eigenvalue weighted by molar-refractivity contribution is 6.11. The molecular formula is C9H11N5. The average molecular weight is 189 g/mol. The Hall–Kier alpha value is -1.62. The molecule has 4 N–H and O–H groups in total. The molecule has 1 atom stereocenters. The van der Waals surface area contributed by atoms with E-state index in [0.717, 1.165) is 29.3 Å². The zero-order valence-electron chi connectivity index (χ0n) is 7.62. The van der Waals surface area contributed by atoms with E-state index in [2.05, 4.69) is 20.6 Å². The number of fused-ring (bicyclic) bond motifs is 3. The normalized spacial score (nSPS) is 23.4. The third-order valence-electron chi connectivity index (χ3n) is 2.63. The maximum absolute atomic E-state index is 5.85. The number of hydrogen-bond donors (Lipinski definition) is 3. The standard InChI is InChI=1S/C9H11N5/c10-5-1-2-11-9-7(5)12-3-6-8(9)14-4-13-6/h1-2,6,12-13H,3-4H2,(H2,10,11). The highest BCUT2D eigenvalue weighted by Crippen LogP contribution is 2.27. The molecule has 0 spiro atoms. The molecule has 0 aromatic carbocycles. The Balaban J connectivity index is 2.18. The monoisotopic (exact) mass is 189 g/mol. The number of aromatic nitrogens is 1. The maximum Gasteiger partial charge on any atom is 0.111 e. The number of nitrogens with zero attached hydrogens (tertiary/aromatic N) is 2. The molecule has 5 nitrogen and oxygen atoms in total. The van der Waals surface area contributed by atoms with Crippen LogP contribution < -0.4 is 16.4 Å². The van der Waals surface area contributed by atoms with E-state index in [-0.39, 0.29) is 6.04 Å². The largest absolute Gasteiger partial charge is 0.397 e. The maximum atomic E-state index is 5.85. The van der Waals surface area contributed by atoms with E-state index in [1.165, 1.54) is 0 Å². The van der Waals surface area contributed by atoms with Crippen LogP contribution in [0.2, 0.25) is 0 Å². The quantitative estimate of drug-likeness (QED) is 0.528. The predicted molar refractivity (Wildman–Crippen MR) is 55.5 cm³/mol. The summed E-state index contributed by atoms with van der Waals surface area (Å²) in [6.45, 7) is 1.51. The van der Waals surface area contributed by atoms with Gasteiger partial charge in [-0.1, -0.05) is 0 Å². The van der Waals surface area contributed by atoms with Crippen LogP contribution in [0, 0.1) is 0 Å². The van der Waals surface area contributed by atoms with Gasteiger partial charge in [-0.25, -0.2) is 0 Å². The van der Waals surface area contributed by atoms with Gasteiger partial charge >= 0.3 is 0 Å². The Morgan fingerprint density at radius 1 is 1.50 bits per heavy atom. The summed E-state index contributed by atoms with van der Waals surface area (Å²) in [5.74, 6) is 0. The van der Waals surface area contributed by atoms with Crippen molar-refractivity contribution in [3.8, 4) is 0 Å². The molecule has 0 fully saturated rings. The molecule has 0 amide bonds. The summed E-state index contributed by atoms with van der Waals surface area (Å²) in [6, 6.07) is 2.09. The van der Waals surface area contributed by atoms with Gasteiger partial charge in [-0.05, 0) is 6.07 Å². The SMILES string of the molecule is Nc1ccnc2c1NCC1NCN=C21. The fourth-order valence-corrected chi connectivity index (χ4v) is 1.92. The summed E-state index contributed by atoms with van der Waals surface area (Å²) in [7, 11) is 0. The lowest BCUT2D eigenvalue weighted by Gasteiger charge is -2.24. The number of nitrogen functional groups attached to an aromatic ring is 1. The molecule has 2 aliphatic heterocycles. The first-order valence-electron chi connectivity index (χ1n) is 4.63. The van der Waals surface area contributed by atoms with Crippen LogP contribution in [-0.4, -0.2) is 30.0 Å². The molecule has 2 aliphatic rings. The first-order chi connectivity index (χ1) is 6.86. The van der Waals surface area contributed by atoms with Crippen molar-refractivity contribution in [2.24, 2.45) is 4.99 Å². The lowest BCUT2D eigenvalue weighted by atomic mass is 10.0. The highest BCUT2D eigenvalue weighted by atomic mass is 15.2. The van der Waals surface area contributed by atoms with Crippen LogP contribution in [0.5, 0.6) is 0 Å². The zero-order chi connectivity index (χ0) is 9.54. The molecule has 3 heterocycles. The summed E-state index contributed by atoms with van der Waals surface area (Å²) in [6.07, 6.45) is 1.72. The first kappa shape index (κ1) is 7.75. The van der Waals surface area contributed by atoms with E-state index in [1.54, 1.807) is 12.3 Å². The van der Waals surface area contributed by atoms with Crippen molar-refractivity contribution in [2.45, 2.75) is 6.04 Å². The van der Waals surface area contributed by atoms with Gasteiger partial charge in [-0.3, -0.25) is 15.3 Å². The van der Waals surface area contributed by atoms with Gasteiger partial charge < -0.3 is 11.1 Å². The molecule has 0 saturated carbocycles. The summed E-state index contributed by atoms with van der Waals surface area (Å²) >= 11 is 0. The molecule has 1 aromatic rings. The molecule has 0 aliphatic carbocycles. The molecule has 0 saturated heterocycles. The number of pyridine rings is 1. The van der Waals surface area contributed by atoms with Gasteiger partial charge in [-0.15, -0.1) is 0 Å².